The number of hydrogen-bond donors (Lipinski definition) is 1. The fourth-order valence-electron chi connectivity index (χ4n) is 2.48. The lowest BCUT2D eigenvalue weighted by atomic mass is 9.84. The molecule has 14 heavy (non-hydrogen) atoms. The second kappa shape index (κ2) is 4.63. The summed E-state index contributed by atoms with van der Waals surface area (Å²) >= 11 is 0. The van der Waals surface area contributed by atoms with E-state index in [1.165, 1.54) is 19.4 Å². The van der Waals surface area contributed by atoms with Crippen molar-refractivity contribution in [3.63, 3.8) is 0 Å². The monoisotopic (exact) mass is 198 g/mol. The molecule has 2 heteroatoms. The first kappa shape index (κ1) is 12.0. The third-order valence-electron chi connectivity index (χ3n) is 3.28. The van der Waals surface area contributed by atoms with E-state index < -0.39 is 0 Å². The van der Waals surface area contributed by atoms with E-state index in [2.05, 4.69) is 45.0 Å². The van der Waals surface area contributed by atoms with Crippen LogP contribution in [0, 0.1) is 5.41 Å². The van der Waals surface area contributed by atoms with E-state index in [0.717, 1.165) is 6.54 Å². The normalized spacial score (nSPS) is 30.6. The Hall–Kier alpha value is -0.0800. The predicted octanol–water partition coefficient (Wildman–Crippen LogP) is 2.10. The van der Waals surface area contributed by atoms with Crippen molar-refractivity contribution in [2.45, 2.75) is 52.6 Å². The van der Waals surface area contributed by atoms with Gasteiger partial charge in [-0.25, -0.2) is 0 Å². The van der Waals surface area contributed by atoms with Gasteiger partial charge in [-0.15, -0.1) is 0 Å². The first-order chi connectivity index (χ1) is 6.45. The van der Waals surface area contributed by atoms with Gasteiger partial charge in [0.1, 0.15) is 0 Å². The minimum atomic E-state index is 0.388. The lowest BCUT2D eigenvalue weighted by Gasteiger charge is -2.44. The van der Waals surface area contributed by atoms with Crippen LogP contribution in [0.5, 0.6) is 0 Å². The van der Waals surface area contributed by atoms with Crippen molar-refractivity contribution in [2.24, 2.45) is 5.41 Å². The summed E-state index contributed by atoms with van der Waals surface area (Å²) in [5, 5.41) is 3.67. The minimum absolute atomic E-state index is 0.388. The molecule has 2 nitrogen and oxygen atoms in total. The molecule has 1 aliphatic heterocycles. The average molecular weight is 198 g/mol. The van der Waals surface area contributed by atoms with Crippen LogP contribution in [0.2, 0.25) is 0 Å². The molecule has 1 rings (SSSR count). The average Bonchev–Trinajstić information content (AvgIpc) is 2.02. The Morgan fingerprint density at radius 2 is 2.00 bits per heavy atom. The maximum absolute atomic E-state index is 3.67. The molecule has 1 saturated heterocycles. The maximum atomic E-state index is 3.67. The summed E-state index contributed by atoms with van der Waals surface area (Å²) in [5.74, 6) is 0. The lowest BCUT2D eigenvalue weighted by molar-refractivity contribution is 0.0769. The zero-order valence-electron chi connectivity index (χ0n) is 10.4. The molecular formula is C12H26N2. The van der Waals surface area contributed by atoms with Gasteiger partial charge >= 0.3 is 0 Å². The van der Waals surface area contributed by atoms with Gasteiger partial charge in [0.15, 0.2) is 0 Å². The molecule has 0 amide bonds. The first-order valence-electron chi connectivity index (χ1n) is 5.88. The van der Waals surface area contributed by atoms with Gasteiger partial charge in [0.25, 0.3) is 0 Å². The second-order valence-corrected chi connectivity index (χ2v) is 5.72. The molecule has 0 radical (unpaired) electrons. The molecule has 0 saturated carbocycles. The number of nitrogens with zero attached hydrogens (tertiary/aromatic N) is 1. The fourth-order valence-corrected chi connectivity index (χ4v) is 2.48. The predicted molar refractivity (Wildman–Crippen MR) is 62.6 cm³/mol. The molecule has 1 aliphatic rings. The van der Waals surface area contributed by atoms with E-state index in [4.69, 9.17) is 0 Å². The molecule has 1 fully saturated rings. The number of likely N-dealkylation sites (N-methyl/N-ethyl adjacent to an activating group) is 1. The highest BCUT2D eigenvalue weighted by Gasteiger charge is 2.32. The van der Waals surface area contributed by atoms with Gasteiger partial charge in [-0.1, -0.05) is 34.1 Å². The van der Waals surface area contributed by atoms with E-state index in [1.54, 1.807) is 0 Å². The Kier molecular flexibility index (Phi) is 3.96. The van der Waals surface area contributed by atoms with Crippen molar-refractivity contribution in [1.82, 2.24) is 10.2 Å². The largest absolute Gasteiger partial charge is 0.311 e. The quantitative estimate of drug-likeness (QED) is 0.731. The van der Waals surface area contributed by atoms with Crippen molar-refractivity contribution < 1.29 is 0 Å². The SMILES string of the molecule is CCCC1CN(C)C(C(C)(C)C)CN1. The van der Waals surface area contributed by atoms with E-state index in [0.29, 0.717) is 17.5 Å². The Morgan fingerprint density at radius 1 is 1.36 bits per heavy atom. The molecule has 0 spiro atoms. The van der Waals surface area contributed by atoms with Gasteiger partial charge in [0.2, 0.25) is 0 Å². The Labute approximate surface area is 89.1 Å². The molecule has 0 aliphatic carbocycles. The van der Waals surface area contributed by atoms with Crippen LogP contribution in [0.1, 0.15) is 40.5 Å². The van der Waals surface area contributed by atoms with Crippen molar-refractivity contribution in [1.29, 1.82) is 0 Å². The van der Waals surface area contributed by atoms with Crippen LogP contribution in [0.4, 0.5) is 0 Å². The number of rotatable bonds is 2. The summed E-state index contributed by atoms with van der Waals surface area (Å²) in [5.41, 5.74) is 0.388. The van der Waals surface area contributed by atoms with Gasteiger partial charge in [0.05, 0.1) is 0 Å². The van der Waals surface area contributed by atoms with Crippen LogP contribution in [0.15, 0.2) is 0 Å². The van der Waals surface area contributed by atoms with Gasteiger partial charge in [-0.2, -0.15) is 0 Å². The fraction of sp³-hybridized carbons (Fsp3) is 1.00. The lowest BCUT2D eigenvalue weighted by Crippen LogP contribution is -2.59. The van der Waals surface area contributed by atoms with Crippen LogP contribution < -0.4 is 5.32 Å². The summed E-state index contributed by atoms with van der Waals surface area (Å²) in [6, 6.07) is 1.39. The minimum Gasteiger partial charge on any atom is -0.311 e. The molecule has 1 N–H and O–H groups in total. The van der Waals surface area contributed by atoms with Crippen LogP contribution in [-0.2, 0) is 0 Å². The number of nitrogens with one attached hydrogen (secondary N) is 1. The summed E-state index contributed by atoms with van der Waals surface area (Å²) < 4.78 is 0. The van der Waals surface area contributed by atoms with Crippen molar-refractivity contribution in [2.75, 3.05) is 20.1 Å². The zero-order valence-corrected chi connectivity index (χ0v) is 10.4. The van der Waals surface area contributed by atoms with E-state index in [-0.39, 0.29) is 0 Å². The molecule has 0 bridgehead atoms. The van der Waals surface area contributed by atoms with Crippen molar-refractivity contribution in [3.05, 3.63) is 0 Å². The first-order valence-corrected chi connectivity index (χ1v) is 5.88. The molecule has 0 aromatic heterocycles. The summed E-state index contributed by atoms with van der Waals surface area (Å²) in [6.45, 7) is 11.6. The third kappa shape index (κ3) is 2.96. The number of piperazine rings is 1. The van der Waals surface area contributed by atoms with Gasteiger partial charge in [0, 0.05) is 25.2 Å². The highest BCUT2D eigenvalue weighted by Crippen LogP contribution is 2.25. The Balaban J connectivity index is 2.48. The second-order valence-electron chi connectivity index (χ2n) is 5.72. The van der Waals surface area contributed by atoms with Crippen LogP contribution in [0.25, 0.3) is 0 Å². The Morgan fingerprint density at radius 3 is 2.43 bits per heavy atom. The van der Waals surface area contributed by atoms with Gasteiger partial charge in [-0.05, 0) is 18.9 Å². The molecule has 84 valence electrons. The highest BCUT2D eigenvalue weighted by molar-refractivity contribution is 4.90. The van der Waals surface area contributed by atoms with E-state index >= 15 is 0 Å². The molecule has 1 heterocycles. The van der Waals surface area contributed by atoms with Crippen molar-refractivity contribution >= 4 is 0 Å². The summed E-state index contributed by atoms with van der Waals surface area (Å²) in [4.78, 5) is 2.52. The molecule has 2 unspecified atom stereocenters. The smallest absolute Gasteiger partial charge is 0.0266 e. The van der Waals surface area contributed by atoms with Gasteiger partial charge < -0.3 is 10.2 Å². The molecule has 2 atom stereocenters. The Bertz CT molecular complexity index is 172. The highest BCUT2D eigenvalue weighted by atomic mass is 15.2. The standard InChI is InChI=1S/C12H26N2/c1-6-7-10-9-14(5)11(8-13-10)12(2,3)4/h10-11,13H,6-9H2,1-5H3. The molecular weight excluding hydrogens is 172 g/mol. The van der Waals surface area contributed by atoms with Crippen molar-refractivity contribution in [3.8, 4) is 0 Å². The third-order valence-corrected chi connectivity index (χ3v) is 3.28. The summed E-state index contributed by atoms with van der Waals surface area (Å²) in [6.07, 6.45) is 2.59. The topological polar surface area (TPSA) is 15.3 Å². The van der Waals surface area contributed by atoms with Crippen LogP contribution in [-0.4, -0.2) is 37.1 Å². The van der Waals surface area contributed by atoms with E-state index in [9.17, 15) is 0 Å². The van der Waals surface area contributed by atoms with E-state index in [1.807, 2.05) is 0 Å². The zero-order chi connectivity index (χ0) is 10.8. The number of hydrogen-bond acceptors (Lipinski definition) is 2. The summed E-state index contributed by atoms with van der Waals surface area (Å²) in [7, 11) is 2.26. The van der Waals surface area contributed by atoms with Gasteiger partial charge in [-0.3, -0.25) is 0 Å². The van der Waals surface area contributed by atoms with Crippen LogP contribution >= 0.6 is 0 Å². The maximum Gasteiger partial charge on any atom is 0.0266 e. The van der Waals surface area contributed by atoms with Crippen LogP contribution in [0.3, 0.4) is 0 Å². The molecule has 0 aromatic carbocycles. The molecule has 0 aromatic rings.